The summed E-state index contributed by atoms with van der Waals surface area (Å²) in [6.45, 7) is 2.05. The van der Waals surface area contributed by atoms with E-state index in [-0.39, 0.29) is 6.04 Å². The zero-order valence-electron chi connectivity index (χ0n) is 10.1. The van der Waals surface area contributed by atoms with Gasteiger partial charge in [0.25, 0.3) is 0 Å². The molecule has 0 radical (unpaired) electrons. The lowest BCUT2D eigenvalue weighted by Gasteiger charge is -2.11. The van der Waals surface area contributed by atoms with Gasteiger partial charge in [-0.3, -0.25) is 10.5 Å². The molecule has 2 heterocycles. The molecular formula is C11H17N5O. The topological polar surface area (TPSA) is 81.9 Å². The molecule has 0 fully saturated rings. The van der Waals surface area contributed by atoms with E-state index >= 15 is 0 Å². The maximum Gasteiger partial charge on any atom is 0.122 e. The van der Waals surface area contributed by atoms with Crippen molar-refractivity contribution in [2.45, 2.75) is 25.8 Å². The van der Waals surface area contributed by atoms with Crippen molar-refractivity contribution in [3.63, 3.8) is 0 Å². The van der Waals surface area contributed by atoms with E-state index in [0.29, 0.717) is 6.42 Å². The Balaban J connectivity index is 2.10. The van der Waals surface area contributed by atoms with Gasteiger partial charge in [0.1, 0.15) is 11.5 Å². The summed E-state index contributed by atoms with van der Waals surface area (Å²) in [5.41, 5.74) is 3.62. The Kier molecular flexibility index (Phi) is 3.55. The first-order valence-electron chi connectivity index (χ1n) is 5.63. The van der Waals surface area contributed by atoms with Gasteiger partial charge in [-0.15, -0.1) is 5.10 Å². The fourth-order valence-electron chi connectivity index (χ4n) is 1.71. The fraction of sp³-hybridized carbons (Fsp3) is 0.455. The van der Waals surface area contributed by atoms with Crippen LogP contribution in [-0.2, 0) is 19.9 Å². The molecule has 3 N–H and O–H groups in total. The lowest BCUT2D eigenvalue weighted by molar-refractivity contribution is 0.394. The molecular weight excluding hydrogens is 218 g/mol. The van der Waals surface area contributed by atoms with Gasteiger partial charge in [0, 0.05) is 26.1 Å². The predicted octanol–water partition coefficient (Wildman–Crippen LogP) is 0.718. The zero-order chi connectivity index (χ0) is 12.3. The first-order chi connectivity index (χ1) is 8.22. The van der Waals surface area contributed by atoms with Crippen LogP contribution >= 0.6 is 0 Å². The highest BCUT2D eigenvalue weighted by atomic mass is 16.3. The molecule has 6 heteroatoms. The third-order valence-corrected chi connectivity index (χ3v) is 2.64. The first-order valence-corrected chi connectivity index (χ1v) is 5.63. The number of hydrazine groups is 1. The van der Waals surface area contributed by atoms with Crippen molar-refractivity contribution >= 4 is 0 Å². The molecule has 0 aromatic carbocycles. The summed E-state index contributed by atoms with van der Waals surface area (Å²) >= 11 is 0. The third-order valence-electron chi connectivity index (χ3n) is 2.64. The van der Waals surface area contributed by atoms with Gasteiger partial charge in [-0.1, -0.05) is 12.1 Å². The molecule has 0 bridgehead atoms. The molecule has 2 aromatic heterocycles. The minimum Gasteiger partial charge on any atom is -0.464 e. The van der Waals surface area contributed by atoms with Crippen LogP contribution in [0.25, 0.3) is 0 Å². The van der Waals surface area contributed by atoms with Crippen molar-refractivity contribution in [1.29, 1.82) is 0 Å². The first kappa shape index (κ1) is 11.8. The van der Waals surface area contributed by atoms with Gasteiger partial charge in [0.2, 0.25) is 0 Å². The second-order valence-electron chi connectivity index (χ2n) is 3.96. The molecule has 2 aromatic rings. The molecule has 17 heavy (non-hydrogen) atoms. The van der Waals surface area contributed by atoms with Crippen LogP contribution in [0.2, 0.25) is 0 Å². The number of furan rings is 1. The molecule has 0 saturated carbocycles. The van der Waals surface area contributed by atoms with Crippen LogP contribution in [0.3, 0.4) is 0 Å². The molecule has 6 nitrogen and oxygen atoms in total. The van der Waals surface area contributed by atoms with E-state index in [0.717, 1.165) is 23.6 Å². The van der Waals surface area contributed by atoms with Crippen molar-refractivity contribution in [2.24, 2.45) is 12.9 Å². The SMILES string of the molecule is CCc1ccc(C(Cc2cn(C)nn2)NN)o1. The molecule has 0 aliphatic heterocycles. The number of hydrogen-bond donors (Lipinski definition) is 2. The smallest absolute Gasteiger partial charge is 0.122 e. The molecule has 0 aliphatic rings. The Morgan fingerprint density at radius 3 is 2.88 bits per heavy atom. The summed E-state index contributed by atoms with van der Waals surface area (Å²) in [6.07, 6.45) is 3.40. The maximum absolute atomic E-state index is 5.67. The predicted molar refractivity (Wildman–Crippen MR) is 62.9 cm³/mol. The second kappa shape index (κ2) is 5.11. The van der Waals surface area contributed by atoms with E-state index < -0.39 is 0 Å². The van der Waals surface area contributed by atoms with Crippen LogP contribution in [0.15, 0.2) is 22.7 Å². The van der Waals surface area contributed by atoms with Gasteiger partial charge in [0.05, 0.1) is 11.7 Å². The molecule has 2 rings (SSSR count). The van der Waals surface area contributed by atoms with Crippen LogP contribution in [0.5, 0.6) is 0 Å². The largest absolute Gasteiger partial charge is 0.464 e. The number of nitrogens with zero attached hydrogens (tertiary/aromatic N) is 3. The summed E-state index contributed by atoms with van der Waals surface area (Å²) in [6, 6.07) is 3.84. The Hall–Kier alpha value is -1.66. The molecule has 0 amide bonds. The highest BCUT2D eigenvalue weighted by molar-refractivity contribution is 5.13. The maximum atomic E-state index is 5.67. The molecule has 92 valence electrons. The van der Waals surface area contributed by atoms with Crippen molar-refractivity contribution in [2.75, 3.05) is 0 Å². The van der Waals surface area contributed by atoms with E-state index in [1.54, 1.807) is 4.68 Å². The van der Waals surface area contributed by atoms with E-state index in [2.05, 4.69) is 22.7 Å². The van der Waals surface area contributed by atoms with Crippen LogP contribution in [0.4, 0.5) is 0 Å². The van der Waals surface area contributed by atoms with Crippen molar-refractivity contribution in [3.05, 3.63) is 35.5 Å². The number of nitrogens with two attached hydrogens (primary N) is 1. The number of hydrogen-bond acceptors (Lipinski definition) is 5. The quantitative estimate of drug-likeness (QED) is 0.589. The highest BCUT2D eigenvalue weighted by Gasteiger charge is 2.16. The lowest BCUT2D eigenvalue weighted by atomic mass is 10.1. The lowest BCUT2D eigenvalue weighted by Crippen LogP contribution is -2.29. The zero-order valence-corrected chi connectivity index (χ0v) is 10.1. The number of aryl methyl sites for hydroxylation is 2. The van der Waals surface area contributed by atoms with Gasteiger partial charge < -0.3 is 4.42 Å². The van der Waals surface area contributed by atoms with Gasteiger partial charge in [-0.05, 0) is 12.1 Å². The Morgan fingerprint density at radius 1 is 1.53 bits per heavy atom. The monoisotopic (exact) mass is 235 g/mol. The van der Waals surface area contributed by atoms with E-state index in [4.69, 9.17) is 10.3 Å². The minimum absolute atomic E-state index is 0.0769. The minimum atomic E-state index is -0.0769. The summed E-state index contributed by atoms with van der Waals surface area (Å²) < 4.78 is 7.34. The molecule has 0 aliphatic carbocycles. The number of aromatic nitrogens is 3. The van der Waals surface area contributed by atoms with E-state index in [9.17, 15) is 0 Å². The van der Waals surface area contributed by atoms with Crippen molar-refractivity contribution in [1.82, 2.24) is 20.4 Å². The highest BCUT2D eigenvalue weighted by Crippen LogP contribution is 2.19. The molecule has 1 unspecified atom stereocenters. The number of nitrogens with one attached hydrogen (secondary N) is 1. The fourth-order valence-corrected chi connectivity index (χ4v) is 1.71. The summed E-state index contributed by atoms with van der Waals surface area (Å²) in [5.74, 6) is 7.33. The Morgan fingerprint density at radius 2 is 2.35 bits per heavy atom. The average molecular weight is 235 g/mol. The van der Waals surface area contributed by atoms with Crippen molar-refractivity contribution < 1.29 is 4.42 Å². The Bertz CT molecular complexity index is 476. The average Bonchev–Trinajstić information content (AvgIpc) is 2.94. The van der Waals surface area contributed by atoms with Gasteiger partial charge in [-0.25, -0.2) is 5.43 Å². The summed E-state index contributed by atoms with van der Waals surface area (Å²) in [7, 11) is 1.84. The normalized spacial score (nSPS) is 12.9. The van der Waals surface area contributed by atoms with Gasteiger partial charge >= 0.3 is 0 Å². The second-order valence-corrected chi connectivity index (χ2v) is 3.96. The molecule has 0 spiro atoms. The molecule has 0 saturated heterocycles. The van der Waals surface area contributed by atoms with Crippen LogP contribution in [0, 0.1) is 0 Å². The van der Waals surface area contributed by atoms with Crippen molar-refractivity contribution in [3.8, 4) is 0 Å². The molecule has 1 atom stereocenters. The number of rotatable bonds is 5. The van der Waals surface area contributed by atoms with Crippen LogP contribution in [-0.4, -0.2) is 15.0 Å². The standard InChI is InChI=1S/C11H17N5O/c1-3-9-4-5-11(17-9)10(13-12)6-8-7-16(2)15-14-8/h4-5,7,10,13H,3,6,12H2,1-2H3. The van der Waals surface area contributed by atoms with Crippen LogP contribution in [0.1, 0.15) is 30.2 Å². The van der Waals surface area contributed by atoms with Crippen LogP contribution < -0.4 is 11.3 Å². The summed E-state index contributed by atoms with van der Waals surface area (Å²) in [5, 5.41) is 7.92. The van der Waals surface area contributed by atoms with E-state index in [1.165, 1.54) is 0 Å². The summed E-state index contributed by atoms with van der Waals surface area (Å²) in [4.78, 5) is 0. The third kappa shape index (κ3) is 2.72. The Labute approximate surface area is 99.8 Å². The van der Waals surface area contributed by atoms with E-state index in [1.807, 2.05) is 25.4 Å². The van der Waals surface area contributed by atoms with Gasteiger partial charge in [-0.2, -0.15) is 0 Å². The van der Waals surface area contributed by atoms with Gasteiger partial charge in [0.15, 0.2) is 0 Å².